The van der Waals surface area contributed by atoms with Crippen molar-refractivity contribution in [2.24, 2.45) is 5.41 Å². The molecule has 2 aromatic rings. The number of hydrogen-bond acceptors (Lipinski definition) is 2. The van der Waals surface area contributed by atoms with Crippen LogP contribution in [0.4, 0.5) is 11.4 Å². The number of likely N-dealkylation sites (tertiary alicyclic amines) is 1. The third kappa shape index (κ3) is 3.96. The van der Waals surface area contributed by atoms with Crippen molar-refractivity contribution in [2.75, 3.05) is 18.0 Å². The summed E-state index contributed by atoms with van der Waals surface area (Å²) in [4.78, 5) is 4.97. The monoisotopic (exact) mass is 398 g/mol. The topological polar surface area (TPSA) is 6.48 Å². The zero-order valence-electron chi connectivity index (χ0n) is 18.9. The fourth-order valence-corrected chi connectivity index (χ4v) is 4.82. The smallest absolute Gasteiger partial charge is 0.0483 e. The Morgan fingerprint density at radius 2 is 1.50 bits per heavy atom. The van der Waals surface area contributed by atoms with E-state index in [1.54, 1.807) is 0 Å². The van der Waals surface area contributed by atoms with E-state index in [9.17, 15) is 0 Å². The van der Waals surface area contributed by atoms with E-state index in [-0.39, 0.29) is 5.41 Å². The molecule has 2 aromatic carbocycles. The van der Waals surface area contributed by atoms with E-state index in [0.717, 1.165) is 19.4 Å². The van der Waals surface area contributed by atoms with Gasteiger partial charge in [0.2, 0.25) is 0 Å². The average Bonchev–Trinajstić information content (AvgIpc) is 3.27. The second-order valence-electron chi connectivity index (χ2n) is 9.09. The Morgan fingerprint density at radius 3 is 2.07 bits per heavy atom. The second-order valence-corrected chi connectivity index (χ2v) is 9.09. The number of rotatable bonds is 5. The van der Waals surface area contributed by atoms with E-state index >= 15 is 0 Å². The van der Waals surface area contributed by atoms with Gasteiger partial charge in [0.15, 0.2) is 0 Å². The number of benzene rings is 2. The zero-order valence-corrected chi connectivity index (χ0v) is 18.9. The van der Waals surface area contributed by atoms with Gasteiger partial charge < -0.3 is 9.80 Å². The first kappa shape index (κ1) is 20.5. The van der Waals surface area contributed by atoms with E-state index in [1.165, 1.54) is 46.9 Å². The van der Waals surface area contributed by atoms with Gasteiger partial charge in [-0.2, -0.15) is 0 Å². The third-order valence-corrected chi connectivity index (χ3v) is 6.60. The number of hydrogen-bond donors (Lipinski definition) is 0. The summed E-state index contributed by atoms with van der Waals surface area (Å²) in [5, 5.41) is 0. The molecule has 0 bridgehead atoms. The van der Waals surface area contributed by atoms with Gasteiger partial charge in [0, 0.05) is 41.3 Å². The molecule has 0 N–H and O–H groups in total. The molecular weight excluding hydrogens is 364 g/mol. The molecule has 1 aliphatic heterocycles. The lowest BCUT2D eigenvalue weighted by Gasteiger charge is -2.29. The van der Waals surface area contributed by atoms with Gasteiger partial charge in [0.25, 0.3) is 0 Å². The molecule has 0 saturated carbocycles. The van der Waals surface area contributed by atoms with Crippen molar-refractivity contribution in [3.05, 3.63) is 95.4 Å². The normalized spacial score (nSPS) is 21.1. The Kier molecular flexibility index (Phi) is 5.85. The van der Waals surface area contributed by atoms with Gasteiger partial charge in [-0.1, -0.05) is 56.3 Å². The summed E-state index contributed by atoms with van der Waals surface area (Å²) in [6.45, 7) is 11.6. The molecule has 0 atom stereocenters. The fraction of sp³-hybridized carbons (Fsp3) is 0.357. The minimum absolute atomic E-state index is 0.253. The molecule has 2 aliphatic rings. The Balaban J connectivity index is 1.78. The van der Waals surface area contributed by atoms with Crippen LogP contribution in [0.2, 0.25) is 0 Å². The van der Waals surface area contributed by atoms with Crippen LogP contribution in [0.5, 0.6) is 0 Å². The van der Waals surface area contributed by atoms with Gasteiger partial charge >= 0.3 is 0 Å². The van der Waals surface area contributed by atoms with Crippen molar-refractivity contribution >= 4 is 11.4 Å². The van der Waals surface area contributed by atoms with E-state index in [1.807, 2.05) is 0 Å². The summed E-state index contributed by atoms with van der Waals surface area (Å²) in [7, 11) is 0. The molecule has 4 rings (SSSR count). The van der Waals surface area contributed by atoms with Gasteiger partial charge in [-0.3, -0.25) is 0 Å². The Labute approximate surface area is 182 Å². The molecule has 2 heteroatoms. The quantitative estimate of drug-likeness (QED) is 0.516. The van der Waals surface area contributed by atoms with Crippen molar-refractivity contribution < 1.29 is 0 Å². The predicted octanol–water partition coefficient (Wildman–Crippen LogP) is 7.45. The van der Waals surface area contributed by atoms with E-state index in [2.05, 4.69) is 110 Å². The first-order valence-electron chi connectivity index (χ1n) is 11.3. The minimum Gasteiger partial charge on any atom is -0.375 e. The van der Waals surface area contributed by atoms with Crippen LogP contribution in [0.3, 0.4) is 0 Å². The largest absolute Gasteiger partial charge is 0.375 e. The molecule has 1 fully saturated rings. The van der Waals surface area contributed by atoms with Crippen molar-refractivity contribution in [1.82, 2.24) is 4.90 Å². The highest BCUT2D eigenvalue weighted by Crippen LogP contribution is 2.42. The number of anilines is 2. The number of nitrogens with zero attached hydrogens (tertiary/aromatic N) is 2. The predicted molar refractivity (Wildman–Crippen MR) is 129 cm³/mol. The number of para-hydroxylation sites is 2. The SMILES string of the molecule is CCN1CCC(C)(C)/C1=C\C=C1/CCC(C)=C1N(c1ccccc1)c1ccccc1. The maximum atomic E-state index is 2.54. The second kappa shape index (κ2) is 8.55. The molecule has 0 radical (unpaired) electrons. The van der Waals surface area contributed by atoms with E-state index in [0.29, 0.717) is 0 Å². The van der Waals surface area contributed by atoms with Gasteiger partial charge in [-0.05, 0) is 74.6 Å². The van der Waals surface area contributed by atoms with Crippen LogP contribution in [0.1, 0.15) is 47.0 Å². The summed E-state index contributed by atoms with van der Waals surface area (Å²) in [6.07, 6.45) is 8.27. The Morgan fingerprint density at radius 1 is 0.900 bits per heavy atom. The maximum Gasteiger partial charge on any atom is 0.0483 e. The zero-order chi connectivity index (χ0) is 21.1. The molecule has 1 saturated heterocycles. The molecule has 1 heterocycles. The first-order chi connectivity index (χ1) is 14.5. The summed E-state index contributed by atoms with van der Waals surface area (Å²) in [5.74, 6) is 0. The molecule has 156 valence electrons. The Hall–Kier alpha value is -2.74. The van der Waals surface area contributed by atoms with Crippen molar-refractivity contribution in [3.8, 4) is 0 Å². The molecule has 0 spiro atoms. The van der Waals surface area contributed by atoms with E-state index < -0.39 is 0 Å². The first-order valence-corrected chi connectivity index (χ1v) is 11.3. The third-order valence-electron chi connectivity index (χ3n) is 6.60. The summed E-state index contributed by atoms with van der Waals surface area (Å²) in [6, 6.07) is 21.5. The van der Waals surface area contributed by atoms with Crippen LogP contribution < -0.4 is 4.90 Å². The highest BCUT2D eigenvalue weighted by atomic mass is 15.2. The molecule has 0 aromatic heterocycles. The Bertz CT molecular complexity index is 925. The van der Waals surface area contributed by atoms with Crippen LogP contribution in [-0.2, 0) is 0 Å². The molecule has 2 nitrogen and oxygen atoms in total. The van der Waals surface area contributed by atoms with Crippen LogP contribution in [0, 0.1) is 5.41 Å². The van der Waals surface area contributed by atoms with Gasteiger partial charge in [0.1, 0.15) is 0 Å². The number of allylic oxidation sites excluding steroid dienone is 5. The van der Waals surface area contributed by atoms with Gasteiger partial charge in [-0.15, -0.1) is 0 Å². The van der Waals surface area contributed by atoms with Crippen LogP contribution >= 0.6 is 0 Å². The summed E-state index contributed by atoms with van der Waals surface area (Å²) < 4.78 is 0. The fourth-order valence-electron chi connectivity index (χ4n) is 4.82. The van der Waals surface area contributed by atoms with Crippen LogP contribution in [-0.4, -0.2) is 18.0 Å². The lowest BCUT2D eigenvalue weighted by molar-refractivity contribution is 0.392. The molecule has 30 heavy (non-hydrogen) atoms. The lowest BCUT2D eigenvalue weighted by Crippen LogP contribution is -2.20. The lowest BCUT2D eigenvalue weighted by atomic mass is 9.88. The standard InChI is InChI=1S/C28H34N2/c1-5-29-21-20-28(3,4)26(29)19-18-23-17-16-22(2)27(23)30(24-12-8-6-9-13-24)25-14-10-7-11-15-25/h6-15,18-19H,5,16-17,20-21H2,1-4H3/b23-18+,26-19+. The average molecular weight is 399 g/mol. The molecule has 1 aliphatic carbocycles. The summed E-state index contributed by atoms with van der Waals surface area (Å²) in [5.41, 5.74) is 8.43. The van der Waals surface area contributed by atoms with Crippen molar-refractivity contribution in [1.29, 1.82) is 0 Å². The van der Waals surface area contributed by atoms with Crippen molar-refractivity contribution in [3.63, 3.8) is 0 Å². The maximum absolute atomic E-state index is 2.54. The minimum atomic E-state index is 0.253. The highest BCUT2D eigenvalue weighted by molar-refractivity contribution is 5.73. The molecule has 0 unspecified atom stereocenters. The highest BCUT2D eigenvalue weighted by Gasteiger charge is 2.33. The van der Waals surface area contributed by atoms with Gasteiger partial charge in [0.05, 0.1) is 0 Å². The van der Waals surface area contributed by atoms with E-state index in [4.69, 9.17) is 0 Å². The van der Waals surface area contributed by atoms with Crippen LogP contribution in [0.15, 0.2) is 95.4 Å². The molecular formula is C28H34N2. The van der Waals surface area contributed by atoms with Crippen molar-refractivity contribution in [2.45, 2.75) is 47.0 Å². The van der Waals surface area contributed by atoms with Gasteiger partial charge in [-0.25, -0.2) is 0 Å². The van der Waals surface area contributed by atoms with Crippen LogP contribution in [0.25, 0.3) is 0 Å². The molecule has 0 amide bonds. The summed E-state index contributed by atoms with van der Waals surface area (Å²) >= 11 is 0.